The molecule has 1 saturated heterocycles. The predicted octanol–water partition coefficient (Wildman–Crippen LogP) is 5.41. The van der Waals surface area contributed by atoms with Gasteiger partial charge in [-0.2, -0.15) is 0 Å². The molecule has 156 valence electrons. The van der Waals surface area contributed by atoms with Crippen LogP contribution in [0.3, 0.4) is 0 Å². The van der Waals surface area contributed by atoms with Crippen LogP contribution in [0, 0.1) is 11.8 Å². The lowest BCUT2D eigenvalue weighted by atomic mass is 10.0. The number of benzene rings is 2. The Bertz CT molecular complexity index is 953. The molecule has 2 heterocycles. The Balaban J connectivity index is 1.47. The van der Waals surface area contributed by atoms with Gasteiger partial charge in [0, 0.05) is 28.9 Å². The molecule has 1 fully saturated rings. The first-order valence-electron chi connectivity index (χ1n) is 10.3. The number of ether oxygens (including phenoxy) is 3. The second-order valence-corrected chi connectivity index (χ2v) is 8.40. The molecular weight excluding hydrogens is 442 g/mol. The molecule has 0 saturated carbocycles. The number of anilines is 1. The maximum atomic E-state index is 5.75. The van der Waals surface area contributed by atoms with Crippen molar-refractivity contribution in [3.8, 4) is 17.6 Å². The van der Waals surface area contributed by atoms with Crippen molar-refractivity contribution in [2.24, 2.45) is 0 Å². The van der Waals surface area contributed by atoms with E-state index in [1.54, 1.807) is 7.11 Å². The largest absolute Gasteiger partial charge is 0.497 e. The van der Waals surface area contributed by atoms with Crippen molar-refractivity contribution in [3.63, 3.8) is 0 Å². The second kappa shape index (κ2) is 10.2. The summed E-state index contributed by atoms with van der Waals surface area (Å²) in [4.78, 5) is 2.36. The molecule has 4 rings (SSSR count). The van der Waals surface area contributed by atoms with Gasteiger partial charge in [-0.15, -0.1) is 0 Å². The van der Waals surface area contributed by atoms with Gasteiger partial charge in [0.2, 0.25) is 0 Å². The summed E-state index contributed by atoms with van der Waals surface area (Å²) in [6.45, 7) is 2.75. The van der Waals surface area contributed by atoms with Crippen molar-refractivity contribution in [2.45, 2.75) is 32.1 Å². The average Bonchev–Trinajstić information content (AvgIpc) is 2.78. The minimum atomic E-state index is -0.0990. The Kier molecular flexibility index (Phi) is 7.11. The lowest BCUT2D eigenvalue weighted by molar-refractivity contribution is -0.154. The zero-order valence-corrected chi connectivity index (χ0v) is 18.8. The third-order valence-corrected chi connectivity index (χ3v) is 5.78. The summed E-state index contributed by atoms with van der Waals surface area (Å²) < 4.78 is 17.7. The number of rotatable bonds is 5. The zero-order chi connectivity index (χ0) is 20.8. The highest BCUT2D eigenvalue weighted by molar-refractivity contribution is 9.10. The molecule has 4 nitrogen and oxygen atoms in total. The van der Waals surface area contributed by atoms with Crippen LogP contribution in [-0.2, 0) is 16.0 Å². The molecule has 30 heavy (non-hydrogen) atoms. The second-order valence-electron chi connectivity index (χ2n) is 7.49. The molecule has 2 aromatic carbocycles. The van der Waals surface area contributed by atoms with Gasteiger partial charge in [-0.1, -0.05) is 46.0 Å². The van der Waals surface area contributed by atoms with E-state index in [1.165, 1.54) is 16.8 Å². The maximum Gasteiger partial charge on any atom is 0.158 e. The topological polar surface area (TPSA) is 30.9 Å². The van der Waals surface area contributed by atoms with Crippen LogP contribution in [0.1, 0.15) is 30.4 Å². The lowest BCUT2D eigenvalue weighted by Crippen LogP contribution is -2.28. The molecule has 0 N–H and O–H groups in total. The van der Waals surface area contributed by atoms with Crippen LogP contribution < -0.4 is 9.64 Å². The lowest BCUT2D eigenvalue weighted by Gasteiger charge is -2.30. The van der Waals surface area contributed by atoms with Crippen LogP contribution in [0.2, 0.25) is 0 Å². The Morgan fingerprint density at radius 3 is 2.80 bits per heavy atom. The van der Waals surface area contributed by atoms with Gasteiger partial charge < -0.3 is 19.1 Å². The van der Waals surface area contributed by atoms with E-state index in [-0.39, 0.29) is 6.29 Å². The molecular formula is C25H26BrNO3. The average molecular weight is 468 g/mol. The van der Waals surface area contributed by atoms with Gasteiger partial charge in [0.25, 0.3) is 0 Å². The Morgan fingerprint density at radius 1 is 1.17 bits per heavy atom. The van der Waals surface area contributed by atoms with E-state index in [4.69, 9.17) is 14.2 Å². The highest BCUT2D eigenvalue weighted by Gasteiger charge is 2.18. The van der Waals surface area contributed by atoms with Crippen molar-refractivity contribution < 1.29 is 14.2 Å². The highest BCUT2D eigenvalue weighted by Crippen LogP contribution is 2.32. The van der Waals surface area contributed by atoms with E-state index in [2.05, 4.69) is 69.1 Å². The first-order chi connectivity index (χ1) is 14.7. The van der Waals surface area contributed by atoms with Crippen molar-refractivity contribution >= 4 is 27.7 Å². The summed E-state index contributed by atoms with van der Waals surface area (Å²) in [5, 5.41) is 0. The molecule has 1 unspecified atom stereocenters. The van der Waals surface area contributed by atoms with Crippen molar-refractivity contribution in [2.75, 3.05) is 31.8 Å². The molecule has 2 aliphatic heterocycles. The molecule has 0 radical (unpaired) electrons. The monoisotopic (exact) mass is 467 g/mol. The summed E-state index contributed by atoms with van der Waals surface area (Å²) in [5.74, 6) is 7.35. The molecule has 2 aliphatic rings. The fourth-order valence-corrected chi connectivity index (χ4v) is 4.08. The summed E-state index contributed by atoms with van der Waals surface area (Å²) in [6.07, 6.45) is 5.32. The minimum Gasteiger partial charge on any atom is -0.497 e. The van der Waals surface area contributed by atoms with Crippen LogP contribution in [0.5, 0.6) is 5.75 Å². The quantitative estimate of drug-likeness (QED) is 0.550. The first kappa shape index (κ1) is 21.0. The predicted molar refractivity (Wildman–Crippen MR) is 123 cm³/mol. The van der Waals surface area contributed by atoms with E-state index in [0.29, 0.717) is 6.61 Å². The van der Waals surface area contributed by atoms with Gasteiger partial charge in [0.15, 0.2) is 6.29 Å². The van der Waals surface area contributed by atoms with Gasteiger partial charge in [0.05, 0.1) is 13.7 Å². The Labute approximate surface area is 186 Å². The van der Waals surface area contributed by atoms with E-state index in [1.807, 2.05) is 12.1 Å². The van der Waals surface area contributed by atoms with Crippen LogP contribution >= 0.6 is 15.9 Å². The fraction of sp³-hybridized carbons (Fsp3) is 0.360. The number of hydrogen-bond donors (Lipinski definition) is 0. The van der Waals surface area contributed by atoms with Gasteiger partial charge in [-0.25, -0.2) is 0 Å². The molecule has 0 aliphatic carbocycles. The first-order valence-corrected chi connectivity index (χ1v) is 11.1. The van der Waals surface area contributed by atoms with Crippen LogP contribution in [0.15, 0.2) is 52.5 Å². The van der Waals surface area contributed by atoms with Gasteiger partial charge in [-0.05, 0) is 60.7 Å². The summed E-state index contributed by atoms with van der Waals surface area (Å²) in [5.41, 5.74) is 4.71. The van der Waals surface area contributed by atoms with E-state index >= 15 is 0 Å². The number of fused-ring (bicyclic) bond motifs is 1. The van der Waals surface area contributed by atoms with Crippen molar-refractivity contribution in [3.05, 3.63) is 63.6 Å². The molecule has 5 heteroatoms. The Hall–Kier alpha value is -2.26. The van der Waals surface area contributed by atoms with Crippen LogP contribution in [0.4, 0.5) is 5.69 Å². The van der Waals surface area contributed by atoms with Gasteiger partial charge in [-0.3, -0.25) is 0 Å². The number of methoxy groups -OCH3 is 1. The molecule has 2 aromatic rings. The number of hydrogen-bond acceptors (Lipinski definition) is 4. The third-order valence-electron chi connectivity index (χ3n) is 5.28. The number of halogens is 1. The minimum absolute atomic E-state index is 0.0990. The maximum absolute atomic E-state index is 5.75. The standard InChI is InChI=1S/C25H26BrNO3/c1-28-23-11-7-19(8-12-23)17-27-18-20(15-21-9-10-22(26)16-24(21)27)5-4-14-30-25-6-2-3-13-29-25/h7-12,15-16,25H,2-3,6,13-14,17-18H2,1H3. The van der Waals surface area contributed by atoms with Gasteiger partial charge in [0.1, 0.15) is 12.4 Å². The molecule has 0 bridgehead atoms. The summed E-state index contributed by atoms with van der Waals surface area (Å²) in [6, 6.07) is 14.6. The molecule has 0 aromatic heterocycles. The highest BCUT2D eigenvalue weighted by atomic mass is 79.9. The molecule has 0 amide bonds. The number of nitrogens with zero attached hydrogens (tertiary/aromatic N) is 1. The van der Waals surface area contributed by atoms with Crippen LogP contribution in [-0.4, -0.2) is 33.2 Å². The Morgan fingerprint density at radius 2 is 2.03 bits per heavy atom. The molecule has 0 spiro atoms. The smallest absolute Gasteiger partial charge is 0.158 e. The normalized spacial score (nSPS) is 18.1. The zero-order valence-electron chi connectivity index (χ0n) is 17.2. The summed E-state index contributed by atoms with van der Waals surface area (Å²) in [7, 11) is 1.69. The summed E-state index contributed by atoms with van der Waals surface area (Å²) >= 11 is 3.61. The SMILES string of the molecule is COc1ccc(CN2CC(C#CCOC3CCCCO3)=Cc3ccc(Br)cc32)cc1. The van der Waals surface area contributed by atoms with E-state index in [0.717, 1.165) is 54.8 Å². The molecule has 1 atom stereocenters. The van der Waals surface area contributed by atoms with Gasteiger partial charge >= 0.3 is 0 Å². The van der Waals surface area contributed by atoms with Crippen molar-refractivity contribution in [1.82, 2.24) is 0 Å². The fourth-order valence-electron chi connectivity index (χ4n) is 3.73. The van der Waals surface area contributed by atoms with Crippen LogP contribution in [0.25, 0.3) is 6.08 Å². The van der Waals surface area contributed by atoms with Crippen molar-refractivity contribution in [1.29, 1.82) is 0 Å². The third kappa shape index (κ3) is 5.46. The van der Waals surface area contributed by atoms with E-state index in [9.17, 15) is 0 Å². The van der Waals surface area contributed by atoms with E-state index < -0.39 is 0 Å².